The average molecular weight is 311 g/mol. The maximum absolute atomic E-state index is 9.41. The van der Waals surface area contributed by atoms with Gasteiger partial charge in [0.25, 0.3) is 0 Å². The van der Waals surface area contributed by atoms with Gasteiger partial charge in [-0.05, 0) is 12.5 Å². The van der Waals surface area contributed by atoms with Crippen molar-refractivity contribution in [2.75, 3.05) is 7.11 Å². The van der Waals surface area contributed by atoms with E-state index in [0.717, 1.165) is 17.8 Å². The molecule has 0 aliphatic rings. The highest BCUT2D eigenvalue weighted by Gasteiger charge is 2.16. The lowest BCUT2D eigenvalue weighted by molar-refractivity contribution is 0.246. The van der Waals surface area contributed by atoms with Crippen LogP contribution in [-0.2, 0) is 26.7 Å². The number of ether oxygens (including phenoxy) is 2. The van der Waals surface area contributed by atoms with Gasteiger partial charge in [-0.3, -0.25) is 4.68 Å². The summed E-state index contributed by atoms with van der Waals surface area (Å²) in [6.07, 6.45) is 0.767. The quantitative estimate of drug-likeness (QED) is 0.891. The minimum absolute atomic E-state index is 0.119. The van der Waals surface area contributed by atoms with Crippen molar-refractivity contribution in [2.45, 2.75) is 26.6 Å². The molecule has 0 atom stereocenters. The molecule has 6 heteroatoms. The van der Waals surface area contributed by atoms with Gasteiger partial charge in [0.2, 0.25) is 0 Å². The Morgan fingerprint density at radius 1 is 1.38 bits per heavy atom. The molecule has 2 rings (SSSR count). The van der Waals surface area contributed by atoms with Gasteiger partial charge in [-0.15, -0.1) is 0 Å². The van der Waals surface area contributed by atoms with Gasteiger partial charge in [0.1, 0.15) is 6.61 Å². The van der Waals surface area contributed by atoms with E-state index in [9.17, 15) is 5.11 Å². The monoisotopic (exact) mass is 310 g/mol. The van der Waals surface area contributed by atoms with Gasteiger partial charge in [-0.25, -0.2) is 0 Å². The molecule has 0 unspecified atom stereocenters. The van der Waals surface area contributed by atoms with E-state index in [1.54, 1.807) is 23.9 Å². The first-order chi connectivity index (χ1) is 10.1. The predicted molar refractivity (Wildman–Crippen MR) is 80.8 cm³/mol. The first-order valence-electron chi connectivity index (χ1n) is 6.72. The minimum atomic E-state index is -0.119. The Kier molecular flexibility index (Phi) is 5.09. The van der Waals surface area contributed by atoms with Crippen molar-refractivity contribution in [1.29, 1.82) is 0 Å². The summed E-state index contributed by atoms with van der Waals surface area (Å²) in [6.45, 7) is 2.14. The molecule has 0 saturated heterocycles. The second-order valence-corrected chi connectivity index (χ2v) is 4.96. The average Bonchev–Trinajstić information content (AvgIpc) is 2.78. The fourth-order valence-corrected chi connectivity index (χ4v) is 2.48. The molecule has 1 aromatic heterocycles. The zero-order valence-corrected chi connectivity index (χ0v) is 13.1. The molecule has 0 bridgehead atoms. The number of hydrogen-bond donors (Lipinski definition) is 1. The van der Waals surface area contributed by atoms with Crippen molar-refractivity contribution >= 4 is 11.6 Å². The van der Waals surface area contributed by atoms with Crippen LogP contribution in [0, 0.1) is 0 Å². The number of halogens is 1. The summed E-state index contributed by atoms with van der Waals surface area (Å²) in [5.41, 5.74) is 2.31. The summed E-state index contributed by atoms with van der Waals surface area (Å²) in [5.74, 6) is 1.10. The lowest BCUT2D eigenvalue weighted by atomic mass is 10.2. The molecular formula is C15H19ClN2O3. The second-order valence-electron chi connectivity index (χ2n) is 4.58. The SMILES string of the molecule is CCc1nn(C)c(COc2c(CO)cccc2OC)c1Cl. The standard InChI is InChI=1S/C15H19ClN2O3/c1-4-11-14(16)12(18(2)17-11)9-21-15-10(8-19)6-5-7-13(15)20-3/h5-7,19H,4,8-9H2,1-3H3. The Morgan fingerprint density at radius 3 is 2.71 bits per heavy atom. The van der Waals surface area contributed by atoms with Crippen molar-refractivity contribution in [3.8, 4) is 11.5 Å². The highest BCUT2D eigenvalue weighted by atomic mass is 35.5. The Balaban J connectivity index is 2.26. The molecule has 1 aromatic carbocycles. The number of benzene rings is 1. The van der Waals surface area contributed by atoms with E-state index in [4.69, 9.17) is 21.1 Å². The van der Waals surface area contributed by atoms with Crippen molar-refractivity contribution in [3.05, 3.63) is 40.2 Å². The zero-order chi connectivity index (χ0) is 15.4. The number of rotatable bonds is 6. The number of hydrogen-bond acceptors (Lipinski definition) is 4. The van der Waals surface area contributed by atoms with Gasteiger partial charge in [0.15, 0.2) is 11.5 Å². The highest BCUT2D eigenvalue weighted by molar-refractivity contribution is 6.31. The Morgan fingerprint density at radius 2 is 2.14 bits per heavy atom. The van der Waals surface area contributed by atoms with Crippen molar-refractivity contribution in [1.82, 2.24) is 9.78 Å². The van der Waals surface area contributed by atoms with E-state index in [0.29, 0.717) is 22.1 Å². The third-order valence-corrected chi connectivity index (χ3v) is 3.74. The molecule has 21 heavy (non-hydrogen) atoms. The van der Waals surface area contributed by atoms with Crippen LogP contribution < -0.4 is 9.47 Å². The molecule has 5 nitrogen and oxygen atoms in total. The molecule has 2 aromatic rings. The van der Waals surface area contributed by atoms with Crippen LogP contribution in [0.25, 0.3) is 0 Å². The van der Waals surface area contributed by atoms with Crippen LogP contribution in [0.3, 0.4) is 0 Å². The third-order valence-electron chi connectivity index (χ3n) is 3.31. The highest BCUT2D eigenvalue weighted by Crippen LogP contribution is 2.32. The number of para-hydroxylation sites is 1. The molecule has 1 heterocycles. The molecule has 1 N–H and O–H groups in total. The lowest BCUT2D eigenvalue weighted by Gasteiger charge is -2.14. The number of aliphatic hydroxyl groups excluding tert-OH is 1. The van der Waals surface area contributed by atoms with Gasteiger partial charge in [-0.1, -0.05) is 30.7 Å². The van der Waals surface area contributed by atoms with E-state index in [1.165, 1.54) is 0 Å². The van der Waals surface area contributed by atoms with E-state index in [-0.39, 0.29) is 13.2 Å². The Labute approximate surface area is 129 Å². The first-order valence-corrected chi connectivity index (χ1v) is 7.09. The van der Waals surface area contributed by atoms with Gasteiger partial charge in [0, 0.05) is 12.6 Å². The largest absolute Gasteiger partial charge is 0.493 e. The molecule has 0 aliphatic heterocycles. The summed E-state index contributed by atoms with van der Waals surface area (Å²) >= 11 is 6.30. The number of aryl methyl sites for hydroxylation is 2. The smallest absolute Gasteiger partial charge is 0.167 e. The second kappa shape index (κ2) is 6.83. The van der Waals surface area contributed by atoms with Crippen LogP contribution in [0.15, 0.2) is 18.2 Å². The maximum atomic E-state index is 9.41. The van der Waals surface area contributed by atoms with Crippen LogP contribution in [-0.4, -0.2) is 22.0 Å². The normalized spacial score (nSPS) is 10.7. The predicted octanol–water partition coefficient (Wildman–Crippen LogP) is 2.72. The topological polar surface area (TPSA) is 56.5 Å². The first kappa shape index (κ1) is 15.7. The van der Waals surface area contributed by atoms with Crippen molar-refractivity contribution in [2.24, 2.45) is 7.05 Å². The van der Waals surface area contributed by atoms with E-state index in [1.807, 2.05) is 20.0 Å². The van der Waals surface area contributed by atoms with Crippen LogP contribution >= 0.6 is 11.6 Å². The van der Waals surface area contributed by atoms with Crippen LogP contribution in [0.5, 0.6) is 11.5 Å². The number of nitrogens with zero attached hydrogens (tertiary/aromatic N) is 2. The van der Waals surface area contributed by atoms with Crippen molar-refractivity contribution < 1.29 is 14.6 Å². The van der Waals surface area contributed by atoms with Gasteiger partial charge in [0.05, 0.1) is 30.1 Å². The summed E-state index contributed by atoms with van der Waals surface area (Å²) in [5, 5.41) is 14.4. The van der Waals surface area contributed by atoms with Crippen LogP contribution in [0.1, 0.15) is 23.9 Å². The number of aliphatic hydroxyl groups is 1. The molecule has 0 amide bonds. The van der Waals surface area contributed by atoms with E-state index < -0.39 is 0 Å². The Hall–Kier alpha value is -1.72. The molecule has 0 spiro atoms. The third kappa shape index (κ3) is 3.14. The summed E-state index contributed by atoms with van der Waals surface area (Å²) in [6, 6.07) is 5.39. The maximum Gasteiger partial charge on any atom is 0.167 e. The summed E-state index contributed by atoms with van der Waals surface area (Å²) in [7, 11) is 3.40. The Bertz CT molecular complexity index is 603. The van der Waals surface area contributed by atoms with Crippen LogP contribution in [0.4, 0.5) is 0 Å². The van der Waals surface area contributed by atoms with E-state index >= 15 is 0 Å². The number of aromatic nitrogens is 2. The van der Waals surface area contributed by atoms with Crippen LogP contribution in [0.2, 0.25) is 5.02 Å². The summed E-state index contributed by atoms with van der Waals surface area (Å²) < 4.78 is 12.8. The summed E-state index contributed by atoms with van der Waals surface area (Å²) in [4.78, 5) is 0. The molecule has 0 radical (unpaired) electrons. The molecule has 0 aliphatic carbocycles. The lowest BCUT2D eigenvalue weighted by Crippen LogP contribution is -2.06. The van der Waals surface area contributed by atoms with Gasteiger partial charge >= 0.3 is 0 Å². The zero-order valence-electron chi connectivity index (χ0n) is 12.4. The van der Waals surface area contributed by atoms with Crippen molar-refractivity contribution in [3.63, 3.8) is 0 Å². The molecule has 114 valence electrons. The minimum Gasteiger partial charge on any atom is -0.493 e. The molecular weight excluding hydrogens is 292 g/mol. The fraction of sp³-hybridized carbons (Fsp3) is 0.400. The molecule has 0 saturated carbocycles. The van der Waals surface area contributed by atoms with Gasteiger partial charge in [-0.2, -0.15) is 5.10 Å². The fourth-order valence-electron chi connectivity index (χ4n) is 2.13. The molecule has 0 fully saturated rings. The number of methoxy groups -OCH3 is 1. The van der Waals surface area contributed by atoms with E-state index in [2.05, 4.69) is 5.10 Å². The van der Waals surface area contributed by atoms with Gasteiger partial charge < -0.3 is 14.6 Å².